The molecule has 2 fully saturated rings. The summed E-state index contributed by atoms with van der Waals surface area (Å²) in [6.07, 6.45) is -1.33. The van der Waals surface area contributed by atoms with Crippen molar-refractivity contribution in [2.24, 2.45) is 23.2 Å². The number of methoxy groups -OCH3 is 1. The van der Waals surface area contributed by atoms with Gasteiger partial charge in [-0.1, -0.05) is 70.5 Å². The second-order valence-corrected chi connectivity index (χ2v) is 16.6. The minimum atomic E-state index is -5.06. The van der Waals surface area contributed by atoms with Crippen LogP contribution in [0.5, 0.6) is 5.75 Å². The highest BCUT2D eigenvalue weighted by Crippen LogP contribution is 2.51. The van der Waals surface area contributed by atoms with E-state index in [-0.39, 0.29) is 62.9 Å². The maximum absolute atomic E-state index is 13.7. The van der Waals surface area contributed by atoms with Gasteiger partial charge in [-0.05, 0) is 59.4 Å². The number of pyridine rings is 1. The van der Waals surface area contributed by atoms with E-state index in [4.69, 9.17) is 16.3 Å². The van der Waals surface area contributed by atoms with E-state index in [1.165, 1.54) is 25.4 Å². The summed E-state index contributed by atoms with van der Waals surface area (Å²) in [7, 11) is 1.24. The Balaban J connectivity index is 1.13. The molecule has 4 aromatic rings. The van der Waals surface area contributed by atoms with Crippen molar-refractivity contribution in [3.8, 4) is 28.1 Å². The third-order valence-electron chi connectivity index (χ3n) is 10.7. The number of aromatic nitrogens is 3. The van der Waals surface area contributed by atoms with E-state index in [9.17, 15) is 32.3 Å². The van der Waals surface area contributed by atoms with Gasteiger partial charge in [0.15, 0.2) is 0 Å². The Hall–Kier alpha value is -5.84. The van der Waals surface area contributed by atoms with Crippen molar-refractivity contribution in [3.05, 3.63) is 77.3 Å². The molecular weight excluding hydrogens is 805 g/mol. The van der Waals surface area contributed by atoms with Crippen LogP contribution in [0.4, 0.5) is 29.5 Å². The predicted molar refractivity (Wildman–Crippen MR) is 219 cm³/mol. The van der Waals surface area contributed by atoms with Crippen molar-refractivity contribution < 1.29 is 41.8 Å². The van der Waals surface area contributed by atoms with Crippen molar-refractivity contribution in [2.75, 3.05) is 37.4 Å². The molecule has 0 bridgehead atoms. The number of ether oxygens (including phenoxy) is 2. The van der Waals surface area contributed by atoms with Crippen LogP contribution < -0.4 is 26.0 Å². The molecule has 0 spiro atoms. The second kappa shape index (κ2) is 17.8. The van der Waals surface area contributed by atoms with E-state index in [1.807, 2.05) is 34.6 Å². The fraction of sp³-hybridized carbons (Fsp3) is 0.429. The summed E-state index contributed by atoms with van der Waals surface area (Å²) in [4.78, 5) is 64.8. The number of nitrogens with zero attached hydrogens (tertiary/aromatic N) is 3. The number of imidazole rings is 1. The second-order valence-electron chi connectivity index (χ2n) is 16.2. The number of hydrogen-bond donors (Lipinski definition) is 5. The maximum atomic E-state index is 13.7. The summed E-state index contributed by atoms with van der Waals surface area (Å²) < 4.78 is 50.2. The SMILES string of the molecule is COC(=O)N[C@H](C(=O)N1C[C@@H](C)C[C@H]1c1ncc(-c2ccc(-c3cc(Cl)c(NC(=O)c4ccc(NCCNC(=O)[C@H]5CC5(C)C)nc4)cc3OC(F)(F)F)cc2)[nH]1)C(C)C. The van der Waals surface area contributed by atoms with Gasteiger partial charge >= 0.3 is 12.5 Å². The quantitative estimate of drug-likeness (QED) is 0.0792. The number of nitrogens with one attached hydrogen (secondary N) is 5. The number of carbonyl (C=O) groups is 4. The number of aromatic amines is 1. The summed E-state index contributed by atoms with van der Waals surface area (Å²) >= 11 is 6.54. The molecule has 2 aromatic carbocycles. The molecule has 320 valence electrons. The molecule has 0 radical (unpaired) electrons. The predicted octanol–water partition coefficient (Wildman–Crippen LogP) is 7.81. The first-order chi connectivity index (χ1) is 28.3. The zero-order valence-corrected chi connectivity index (χ0v) is 34.8. The molecule has 18 heteroatoms. The van der Waals surface area contributed by atoms with E-state index in [0.717, 1.165) is 12.5 Å². The highest BCUT2D eigenvalue weighted by atomic mass is 35.5. The molecule has 4 atom stereocenters. The monoisotopic (exact) mass is 852 g/mol. The molecule has 2 aliphatic rings. The van der Waals surface area contributed by atoms with E-state index in [0.29, 0.717) is 54.5 Å². The van der Waals surface area contributed by atoms with Crippen LogP contribution in [0.1, 0.15) is 69.7 Å². The zero-order valence-electron chi connectivity index (χ0n) is 34.0. The maximum Gasteiger partial charge on any atom is 0.573 e. The fourth-order valence-electron chi connectivity index (χ4n) is 7.23. The molecule has 4 amide bonds. The Bertz CT molecular complexity index is 2210. The van der Waals surface area contributed by atoms with E-state index >= 15 is 0 Å². The lowest BCUT2D eigenvalue weighted by molar-refractivity contribution is -0.274. The van der Waals surface area contributed by atoms with Gasteiger partial charge in [-0.25, -0.2) is 14.8 Å². The van der Waals surface area contributed by atoms with Crippen LogP contribution in [0, 0.1) is 23.2 Å². The van der Waals surface area contributed by atoms with Crippen LogP contribution in [-0.2, 0) is 14.3 Å². The molecular formula is C42H48ClF3N8O6. The Kier molecular flexibility index (Phi) is 13.0. The largest absolute Gasteiger partial charge is 0.573 e. The number of likely N-dealkylation sites (tertiary alicyclic amines) is 1. The van der Waals surface area contributed by atoms with Crippen LogP contribution in [0.2, 0.25) is 5.02 Å². The molecule has 1 aliphatic heterocycles. The summed E-state index contributed by atoms with van der Waals surface area (Å²) in [5.74, 6) is -0.484. The van der Waals surface area contributed by atoms with Gasteiger partial charge in [0, 0.05) is 43.4 Å². The van der Waals surface area contributed by atoms with Crippen molar-refractivity contribution in [1.82, 2.24) is 30.5 Å². The molecule has 60 heavy (non-hydrogen) atoms. The number of hydrogen-bond acceptors (Lipinski definition) is 9. The highest BCUT2D eigenvalue weighted by molar-refractivity contribution is 6.34. The average Bonchev–Trinajstić information content (AvgIpc) is 3.48. The molecule has 0 unspecified atom stereocenters. The van der Waals surface area contributed by atoms with Crippen molar-refractivity contribution >= 4 is 46.9 Å². The number of H-pyrrole nitrogens is 1. The average molecular weight is 853 g/mol. The van der Waals surface area contributed by atoms with E-state index < -0.39 is 30.2 Å². The summed E-state index contributed by atoms with van der Waals surface area (Å²) in [5.41, 5.74) is 1.69. The zero-order chi connectivity index (χ0) is 43.5. The number of alkyl carbamates (subject to hydrolysis) is 1. The summed E-state index contributed by atoms with van der Waals surface area (Å²) in [6.45, 7) is 11.1. The first-order valence-corrected chi connectivity index (χ1v) is 19.9. The third kappa shape index (κ3) is 10.5. The number of rotatable bonds is 14. The van der Waals surface area contributed by atoms with Gasteiger partial charge in [-0.15, -0.1) is 13.2 Å². The Morgan fingerprint density at radius 2 is 1.72 bits per heavy atom. The minimum absolute atomic E-state index is 0.0163. The standard InChI is InChI=1S/C42H48ClF3N8O6/c1-22(2)35(53-40(58)59-6)39(57)54-21-23(3)15-32(54)36-50-20-31(51-36)25-9-7-24(8-10-25)27-16-29(43)30(17-33(27)60-42(44,45)46)52-37(55)26-11-12-34(49-19-26)47-13-14-48-38(56)28-18-41(28,4)5/h7-12,16-17,19-20,22-23,28,32,35H,13-15,18,21H2,1-6H3,(H,47,49)(H,48,56)(H,50,51)(H,52,55)(H,53,58)/t23-,28+,32-,35-/m0/s1. The normalized spacial score (nSPS) is 18.7. The molecule has 14 nitrogen and oxygen atoms in total. The number of carbonyl (C=O) groups excluding carboxylic acids is 4. The molecule has 3 heterocycles. The third-order valence-corrected chi connectivity index (χ3v) is 11.0. The number of alkyl halides is 3. The number of anilines is 2. The van der Waals surface area contributed by atoms with Gasteiger partial charge < -0.3 is 40.6 Å². The number of amides is 4. The fourth-order valence-corrected chi connectivity index (χ4v) is 7.45. The van der Waals surface area contributed by atoms with Crippen LogP contribution >= 0.6 is 11.6 Å². The Morgan fingerprint density at radius 1 is 1.02 bits per heavy atom. The van der Waals surface area contributed by atoms with Gasteiger partial charge in [0.2, 0.25) is 11.8 Å². The first kappa shape index (κ1) is 43.7. The molecule has 1 saturated heterocycles. The van der Waals surface area contributed by atoms with Gasteiger partial charge in [0.1, 0.15) is 23.4 Å². The molecule has 2 aromatic heterocycles. The highest BCUT2D eigenvalue weighted by Gasteiger charge is 2.50. The summed E-state index contributed by atoms with van der Waals surface area (Å²) in [5, 5.41) is 11.1. The molecule has 6 rings (SSSR count). The van der Waals surface area contributed by atoms with Gasteiger partial charge in [0.25, 0.3) is 5.91 Å². The van der Waals surface area contributed by atoms with Crippen molar-refractivity contribution in [1.29, 1.82) is 0 Å². The molecule has 1 saturated carbocycles. The van der Waals surface area contributed by atoms with Crippen LogP contribution in [0.25, 0.3) is 22.4 Å². The number of halogens is 4. The van der Waals surface area contributed by atoms with Crippen LogP contribution in [0.15, 0.2) is 60.9 Å². The Labute approximate surface area is 350 Å². The van der Waals surface area contributed by atoms with Crippen LogP contribution in [0.3, 0.4) is 0 Å². The lowest BCUT2D eigenvalue weighted by Crippen LogP contribution is -2.51. The van der Waals surface area contributed by atoms with Crippen molar-refractivity contribution in [3.63, 3.8) is 0 Å². The van der Waals surface area contributed by atoms with Gasteiger partial charge in [-0.2, -0.15) is 0 Å². The van der Waals surface area contributed by atoms with Crippen molar-refractivity contribution in [2.45, 2.75) is 65.9 Å². The lowest BCUT2D eigenvalue weighted by Gasteiger charge is -2.30. The van der Waals surface area contributed by atoms with E-state index in [2.05, 4.69) is 41.0 Å². The molecule has 5 N–H and O–H groups in total. The van der Waals surface area contributed by atoms with E-state index in [1.54, 1.807) is 41.4 Å². The number of benzene rings is 2. The summed E-state index contributed by atoms with van der Waals surface area (Å²) in [6, 6.07) is 10.8. The molecule has 1 aliphatic carbocycles. The van der Waals surface area contributed by atoms with Gasteiger partial charge in [-0.3, -0.25) is 14.4 Å². The first-order valence-electron chi connectivity index (χ1n) is 19.5. The lowest BCUT2D eigenvalue weighted by atomic mass is 10.0. The smallest absolute Gasteiger partial charge is 0.453 e. The topological polar surface area (TPSA) is 180 Å². The van der Waals surface area contributed by atoms with Crippen LogP contribution in [-0.4, -0.2) is 82.8 Å². The Morgan fingerprint density at radius 3 is 2.33 bits per heavy atom. The minimum Gasteiger partial charge on any atom is -0.453 e. The van der Waals surface area contributed by atoms with Gasteiger partial charge in [0.05, 0.1) is 41.3 Å².